The minimum absolute atomic E-state index is 0.0378. The first-order chi connectivity index (χ1) is 7.20. The van der Waals surface area contributed by atoms with Gasteiger partial charge in [0.1, 0.15) is 5.75 Å². The molecule has 16 heavy (non-hydrogen) atoms. The molecule has 90 valence electrons. The average Bonchev–Trinajstić information content (AvgIpc) is 2.16. The maximum atomic E-state index is 12.9. The Hall–Kier alpha value is -1.04. The van der Waals surface area contributed by atoms with Crippen molar-refractivity contribution < 1.29 is 26.7 Å². The lowest BCUT2D eigenvalue weighted by atomic mass is 10.1. The van der Waals surface area contributed by atoms with Gasteiger partial charge in [0.15, 0.2) is 0 Å². The number of hydrogen-bond donors (Lipinski definition) is 0. The minimum atomic E-state index is -5.65. The summed E-state index contributed by atoms with van der Waals surface area (Å²) in [6.07, 6.45) is -5.65. The van der Waals surface area contributed by atoms with Crippen LogP contribution in [0.25, 0.3) is 0 Å². The summed E-state index contributed by atoms with van der Waals surface area (Å²) < 4.78 is 66.4. The molecule has 0 fully saturated rings. The molecule has 1 nitrogen and oxygen atoms in total. The standard InChI is InChI=1S/C9H6ClF5O/c1-16-7-4-5(2-3-6(7)10)8(11,12)9(13,14)15/h2-4H,1H3. The summed E-state index contributed by atoms with van der Waals surface area (Å²) in [5.74, 6) is -5.16. The molecule has 0 amide bonds. The predicted octanol–water partition coefficient (Wildman–Crippen LogP) is 4.00. The highest BCUT2D eigenvalue weighted by Gasteiger charge is 2.58. The van der Waals surface area contributed by atoms with Gasteiger partial charge in [-0.3, -0.25) is 0 Å². The molecule has 1 rings (SSSR count). The van der Waals surface area contributed by atoms with E-state index in [0.717, 1.165) is 13.2 Å². The van der Waals surface area contributed by atoms with E-state index in [1.165, 1.54) is 0 Å². The fraction of sp³-hybridized carbons (Fsp3) is 0.333. The van der Waals surface area contributed by atoms with Crippen LogP contribution in [0.4, 0.5) is 22.0 Å². The molecule has 0 aliphatic carbocycles. The fourth-order valence-corrected chi connectivity index (χ4v) is 1.21. The predicted molar refractivity (Wildman–Crippen MR) is 48.0 cm³/mol. The molecule has 1 aromatic carbocycles. The van der Waals surface area contributed by atoms with Gasteiger partial charge in [-0.05, 0) is 12.1 Å². The summed E-state index contributed by atoms with van der Waals surface area (Å²) in [7, 11) is 1.12. The maximum Gasteiger partial charge on any atom is 0.458 e. The Morgan fingerprint density at radius 2 is 1.69 bits per heavy atom. The van der Waals surface area contributed by atoms with E-state index >= 15 is 0 Å². The van der Waals surface area contributed by atoms with Gasteiger partial charge in [0.25, 0.3) is 0 Å². The van der Waals surface area contributed by atoms with Crippen LogP contribution in [0.1, 0.15) is 5.56 Å². The van der Waals surface area contributed by atoms with Crippen LogP contribution in [0.15, 0.2) is 18.2 Å². The normalized spacial score (nSPS) is 12.7. The van der Waals surface area contributed by atoms with Crippen molar-refractivity contribution in [2.45, 2.75) is 12.1 Å². The first-order valence-electron chi connectivity index (χ1n) is 3.98. The Bertz CT molecular complexity index is 388. The zero-order chi connectivity index (χ0) is 12.6. The fourth-order valence-electron chi connectivity index (χ4n) is 1.02. The number of rotatable bonds is 2. The van der Waals surface area contributed by atoms with E-state index < -0.39 is 17.7 Å². The van der Waals surface area contributed by atoms with Crippen LogP contribution in [0.3, 0.4) is 0 Å². The number of methoxy groups -OCH3 is 1. The van der Waals surface area contributed by atoms with E-state index in [0.29, 0.717) is 12.1 Å². The molecular formula is C9H6ClF5O. The second-order valence-corrected chi connectivity index (χ2v) is 3.33. The molecule has 0 aliphatic heterocycles. The van der Waals surface area contributed by atoms with Crippen molar-refractivity contribution in [1.29, 1.82) is 0 Å². The topological polar surface area (TPSA) is 9.23 Å². The molecule has 0 radical (unpaired) electrons. The first-order valence-corrected chi connectivity index (χ1v) is 4.36. The van der Waals surface area contributed by atoms with E-state index in [1.54, 1.807) is 0 Å². The SMILES string of the molecule is COc1cc(C(F)(F)C(F)(F)F)ccc1Cl. The third kappa shape index (κ3) is 2.21. The van der Waals surface area contributed by atoms with Crippen molar-refractivity contribution in [1.82, 2.24) is 0 Å². The summed E-state index contributed by atoms with van der Waals surface area (Å²) in [6.45, 7) is 0. The van der Waals surface area contributed by atoms with Crippen LogP contribution in [0.5, 0.6) is 5.75 Å². The molecule has 0 saturated heterocycles. The highest BCUT2D eigenvalue weighted by molar-refractivity contribution is 6.32. The van der Waals surface area contributed by atoms with Gasteiger partial charge in [-0.25, -0.2) is 0 Å². The Labute approximate surface area is 92.8 Å². The van der Waals surface area contributed by atoms with Crippen LogP contribution in [0.2, 0.25) is 5.02 Å². The van der Waals surface area contributed by atoms with Gasteiger partial charge in [-0.15, -0.1) is 0 Å². The van der Waals surface area contributed by atoms with Crippen molar-refractivity contribution in [2.75, 3.05) is 7.11 Å². The van der Waals surface area contributed by atoms with E-state index in [-0.39, 0.29) is 10.8 Å². The Balaban J connectivity index is 3.24. The zero-order valence-electron chi connectivity index (χ0n) is 7.91. The number of ether oxygens (including phenoxy) is 1. The second-order valence-electron chi connectivity index (χ2n) is 2.92. The molecule has 0 bridgehead atoms. The van der Waals surface area contributed by atoms with Gasteiger partial charge in [0, 0.05) is 5.56 Å². The van der Waals surface area contributed by atoms with E-state index in [9.17, 15) is 22.0 Å². The Morgan fingerprint density at radius 3 is 2.12 bits per heavy atom. The molecule has 0 saturated carbocycles. The monoisotopic (exact) mass is 260 g/mol. The molecule has 0 atom stereocenters. The second kappa shape index (κ2) is 4.08. The largest absolute Gasteiger partial charge is 0.495 e. The quantitative estimate of drug-likeness (QED) is 0.730. The highest BCUT2D eigenvalue weighted by Crippen LogP contribution is 2.45. The molecule has 0 spiro atoms. The van der Waals surface area contributed by atoms with Crippen molar-refractivity contribution in [3.05, 3.63) is 28.8 Å². The Morgan fingerprint density at radius 1 is 1.12 bits per heavy atom. The van der Waals surface area contributed by atoms with Gasteiger partial charge in [-0.2, -0.15) is 22.0 Å². The zero-order valence-corrected chi connectivity index (χ0v) is 8.66. The molecule has 0 aliphatic rings. The lowest BCUT2D eigenvalue weighted by molar-refractivity contribution is -0.289. The molecule has 1 aromatic rings. The summed E-state index contributed by atoms with van der Waals surface area (Å²) in [6, 6.07) is 2.10. The maximum absolute atomic E-state index is 12.9. The summed E-state index contributed by atoms with van der Waals surface area (Å²) in [4.78, 5) is 0. The molecule has 0 heterocycles. The van der Waals surface area contributed by atoms with Gasteiger partial charge in [0.05, 0.1) is 12.1 Å². The summed E-state index contributed by atoms with van der Waals surface area (Å²) in [5.41, 5.74) is -1.21. The van der Waals surface area contributed by atoms with Crippen molar-refractivity contribution >= 4 is 11.6 Å². The van der Waals surface area contributed by atoms with Crippen LogP contribution in [-0.4, -0.2) is 13.3 Å². The third-order valence-corrected chi connectivity index (χ3v) is 2.18. The molecule has 0 N–H and O–H groups in total. The van der Waals surface area contributed by atoms with Gasteiger partial charge in [0.2, 0.25) is 0 Å². The van der Waals surface area contributed by atoms with Crippen LogP contribution >= 0.6 is 11.6 Å². The minimum Gasteiger partial charge on any atom is -0.495 e. The van der Waals surface area contributed by atoms with Crippen LogP contribution < -0.4 is 4.74 Å². The van der Waals surface area contributed by atoms with Crippen molar-refractivity contribution in [3.63, 3.8) is 0 Å². The molecular weight excluding hydrogens is 255 g/mol. The lowest BCUT2D eigenvalue weighted by Gasteiger charge is -2.20. The molecule has 7 heteroatoms. The van der Waals surface area contributed by atoms with E-state index in [4.69, 9.17) is 11.6 Å². The number of halogens is 6. The molecule has 0 unspecified atom stereocenters. The van der Waals surface area contributed by atoms with E-state index in [2.05, 4.69) is 4.74 Å². The summed E-state index contributed by atoms with van der Waals surface area (Å²) >= 11 is 5.51. The van der Waals surface area contributed by atoms with E-state index in [1.807, 2.05) is 0 Å². The summed E-state index contributed by atoms with van der Waals surface area (Å²) in [5, 5.41) is -0.0378. The van der Waals surface area contributed by atoms with Gasteiger partial charge < -0.3 is 4.74 Å². The van der Waals surface area contributed by atoms with Crippen LogP contribution in [0, 0.1) is 0 Å². The van der Waals surface area contributed by atoms with Crippen molar-refractivity contribution in [3.8, 4) is 5.75 Å². The highest BCUT2D eigenvalue weighted by atomic mass is 35.5. The van der Waals surface area contributed by atoms with Crippen LogP contribution in [-0.2, 0) is 5.92 Å². The number of benzene rings is 1. The average molecular weight is 261 g/mol. The number of hydrogen-bond acceptors (Lipinski definition) is 1. The smallest absolute Gasteiger partial charge is 0.458 e. The first kappa shape index (κ1) is 13.0. The lowest BCUT2D eigenvalue weighted by Crippen LogP contribution is -2.33. The molecule has 0 aromatic heterocycles. The van der Waals surface area contributed by atoms with Gasteiger partial charge >= 0.3 is 12.1 Å². The van der Waals surface area contributed by atoms with Crippen molar-refractivity contribution in [2.24, 2.45) is 0 Å². The third-order valence-electron chi connectivity index (χ3n) is 1.87. The Kier molecular flexibility index (Phi) is 3.33. The number of alkyl halides is 5. The van der Waals surface area contributed by atoms with Gasteiger partial charge in [-0.1, -0.05) is 17.7 Å².